The topological polar surface area (TPSA) is 73.4 Å². The van der Waals surface area contributed by atoms with E-state index in [4.69, 9.17) is 5.11 Å². The van der Waals surface area contributed by atoms with Crippen molar-refractivity contribution in [1.82, 2.24) is 4.98 Å². The molecule has 1 saturated heterocycles. The van der Waals surface area contributed by atoms with Gasteiger partial charge in [-0.3, -0.25) is 4.79 Å². The van der Waals surface area contributed by atoms with Crippen molar-refractivity contribution in [1.29, 1.82) is 0 Å². The van der Waals surface area contributed by atoms with Gasteiger partial charge in [0.1, 0.15) is 11.4 Å². The highest BCUT2D eigenvalue weighted by molar-refractivity contribution is 5.93. The Morgan fingerprint density at radius 1 is 1.30 bits per heavy atom. The maximum atomic E-state index is 14.1. The fourth-order valence-corrected chi connectivity index (χ4v) is 2.59. The number of aromatic amines is 1. The monoisotopic (exact) mass is 276 g/mol. The predicted octanol–water partition coefficient (Wildman–Crippen LogP) is 1.97. The van der Waals surface area contributed by atoms with Gasteiger partial charge in [-0.15, -0.1) is 0 Å². The number of pyridine rings is 1. The molecule has 2 N–H and O–H groups in total. The molecule has 1 aromatic heterocycles. The van der Waals surface area contributed by atoms with Crippen LogP contribution >= 0.6 is 0 Å². The van der Waals surface area contributed by atoms with Crippen molar-refractivity contribution in [2.24, 2.45) is 0 Å². The van der Waals surface area contributed by atoms with E-state index in [0.29, 0.717) is 11.2 Å². The maximum Gasteiger partial charge on any atom is 0.341 e. The molecule has 1 aliphatic heterocycles. The van der Waals surface area contributed by atoms with E-state index in [1.54, 1.807) is 6.07 Å². The Labute approximate surface area is 113 Å². The Kier molecular flexibility index (Phi) is 2.93. The molecule has 2 heterocycles. The number of rotatable bonds is 2. The number of hydrogen-bond acceptors (Lipinski definition) is 3. The van der Waals surface area contributed by atoms with Crippen LogP contribution in [0.2, 0.25) is 0 Å². The molecule has 0 amide bonds. The minimum Gasteiger partial charge on any atom is -0.477 e. The van der Waals surface area contributed by atoms with Crippen LogP contribution in [0.4, 0.5) is 10.1 Å². The summed E-state index contributed by atoms with van der Waals surface area (Å²) in [4.78, 5) is 27.6. The normalized spacial score (nSPS) is 14.9. The Bertz CT molecular complexity index is 748. The minimum atomic E-state index is -1.32. The van der Waals surface area contributed by atoms with Gasteiger partial charge in [0.25, 0.3) is 0 Å². The highest BCUT2D eigenvalue weighted by Gasteiger charge is 2.19. The largest absolute Gasteiger partial charge is 0.477 e. The van der Waals surface area contributed by atoms with Gasteiger partial charge in [0.2, 0.25) is 5.43 Å². The van der Waals surface area contributed by atoms with Crippen LogP contribution in [0.15, 0.2) is 23.1 Å². The van der Waals surface area contributed by atoms with Crippen LogP contribution in [0.5, 0.6) is 0 Å². The van der Waals surface area contributed by atoms with Crippen LogP contribution in [-0.2, 0) is 0 Å². The predicted molar refractivity (Wildman–Crippen MR) is 72.9 cm³/mol. The van der Waals surface area contributed by atoms with E-state index in [1.165, 1.54) is 0 Å². The van der Waals surface area contributed by atoms with E-state index < -0.39 is 17.2 Å². The zero-order valence-electron chi connectivity index (χ0n) is 10.6. The summed E-state index contributed by atoms with van der Waals surface area (Å²) >= 11 is 0. The van der Waals surface area contributed by atoms with Gasteiger partial charge in [0.15, 0.2) is 0 Å². The molecule has 0 aliphatic carbocycles. The number of hydrogen-bond donors (Lipinski definition) is 2. The van der Waals surface area contributed by atoms with Crippen molar-refractivity contribution in [3.63, 3.8) is 0 Å². The summed E-state index contributed by atoms with van der Waals surface area (Å²) in [5.74, 6) is -1.82. The second-order valence-corrected chi connectivity index (χ2v) is 4.88. The molecule has 0 atom stereocenters. The van der Waals surface area contributed by atoms with Gasteiger partial charge < -0.3 is 15.0 Å². The molecule has 1 fully saturated rings. The van der Waals surface area contributed by atoms with Crippen molar-refractivity contribution in [3.8, 4) is 0 Å². The molecule has 2 aromatic rings. The van der Waals surface area contributed by atoms with Crippen molar-refractivity contribution >= 4 is 22.6 Å². The van der Waals surface area contributed by atoms with Gasteiger partial charge in [-0.05, 0) is 25.0 Å². The van der Waals surface area contributed by atoms with Crippen LogP contribution in [0.1, 0.15) is 23.2 Å². The molecule has 6 heteroatoms. The SMILES string of the molecule is O=C(O)c1c[nH]c2cc(N3CCCC3)c(F)cc2c1=O. The quantitative estimate of drug-likeness (QED) is 0.879. The number of nitrogens with one attached hydrogen (secondary N) is 1. The third-order valence-corrected chi connectivity index (χ3v) is 3.63. The molecule has 20 heavy (non-hydrogen) atoms. The molecular formula is C14H13FN2O3. The summed E-state index contributed by atoms with van der Waals surface area (Å²) in [5.41, 5.74) is -0.152. The average molecular weight is 276 g/mol. The molecule has 0 radical (unpaired) electrons. The van der Waals surface area contributed by atoms with Crippen LogP contribution in [0.3, 0.4) is 0 Å². The highest BCUT2D eigenvalue weighted by atomic mass is 19.1. The first-order valence-corrected chi connectivity index (χ1v) is 6.41. The second kappa shape index (κ2) is 4.63. The number of carboxylic acids is 1. The Morgan fingerprint density at radius 2 is 2.00 bits per heavy atom. The number of carboxylic acid groups (broad SMARTS) is 1. The van der Waals surface area contributed by atoms with Crippen molar-refractivity contribution in [3.05, 3.63) is 39.9 Å². The molecule has 0 unspecified atom stereocenters. The fourth-order valence-electron chi connectivity index (χ4n) is 2.59. The lowest BCUT2D eigenvalue weighted by atomic mass is 10.1. The van der Waals surface area contributed by atoms with Crippen LogP contribution in [0, 0.1) is 5.82 Å². The molecule has 1 aliphatic rings. The van der Waals surface area contributed by atoms with Crippen LogP contribution in [-0.4, -0.2) is 29.1 Å². The average Bonchev–Trinajstić information content (AvgIpc) is 2.92. The summed E-state index contributed by atoms with van der Waals surface area (Å²) in [6, 6.07) is 2.69. The van der Waals surface area contributed by atoms with E-state index in [2.05, 4.69) is 4.98 Å². The first-order valence-electron chi connectivity index (χ1n) is 6.41. The number of anilines is 1. The van der Waals surface area contributed by atoms with Gasteiger partial charge in [0, 0.05) is 24.7 Å². The summed E-state index contributed by atoms with van der Waals surface area (Å²) in [6.45, 7) is 1.58. The summed E-state index contributed by atoms with van der Waals surface area (Å²) < 4.78 is 14.1. The summed E-state index contributed by atoms with van der Waals surface area (Å²) in [6.07, 6.45) is 3.19. The van der Waals surface area contributed by atoms with Crippen molar-refractivity contribution < 1.29 is 14.3 Å². The Hall–Kier alpha value is -2.37. The zero-order valence-corrected chi connectivity index (χ0v) is 10.6. The van der Waals surface area contributed by atoms with Crippen LogP contribution < -0.4 is 10.3 Å². The number of halogens is 1. The standard InChI is InChI=1S/C14H13FN2O3/c15-10-5-8-11(6-12(10)17-3-1-2-4-17)16-7-9(13(8)18)14(19)20/h5-7H,1-4H2,(H,16,18)(H,19,20). The van der Waals surface area contributed by atoms with Crippen molar-refractivity contribution in [2.75, 3.05) is 18.0 Å². The number of nitrogens with zero attached hydrogens (tertiary/aromatic N) is 1. The number of H-pyrrole nitrogens is 1. The number of aromatic nitrogens is 1. The summed E-state index contributed by atoms with van der Waals surface area (Å²) in [7, 11) is 0. The molecule has 0 bridgehead atoms. The fraction of sp³-hybridized carbons (Fsp3) is 0.286. The maximum absolute atomic E-state index is 14.1. The Balaban J connectivity index is 2.20. The van der Waals surface area contributed by atoms with Gasteiger partial charge >= 0.3 is 5.97 Å². The second-order valence-electron chi connectivity index (χ2n) is 4.88. The van der Waals surface area contributed by atoms with E-state index in [-0.39, 0.29) is 10.9 Å². The molecule has 104 valence electrons. The number of benzene rings is 1. The Morgan fingerprint density at radius 3 is 2.65 bits per heavy atom. The van der Waals surface area contributed by atoms with E-state index in [9.17, 15) is 14.0 Å². The van der Waals surface area contributed by atoms with E-state index in [0.717, 1.165) is 38.2 Å². The number of aromatic carboxylic acids is 1. The third kappa shape index (κ3) is 1.93. The lowest BCUT2D eigenvalue weighted by Crippen LogP contribution is -2.20. The van der Waals surface area contributed by atoms with Crippen LogP contribution in [0.25, 0.3) is 10.9 Å². The molecular weight excluding hydrogens is 263 g/mol. The third-order valence-electron chi connectivity index (χ3n) is 3.63. The minimum absolute atomic E-state index is 0.0605. The molecule has 0 saturated carbocycles. The van der Waals surface area contributed by atoms with Gasteiger partial charge in [-0.25, -0.2) is 9.18 Å². The van der Waals surface area contributed by atoms with Gasteiger partial charge in [-0.2, -0.15) is 0 Å². The first-order chi connectivity index (χ1) is 9.58. The molecule has 3 rings (SSSR count). The van der Waals surface area contributed by atoms with Gasteiger partial charge in [-0.1, -0.05) is 0 Å². The molecule has 5 nitrogen and oxygen atoms in total. The molecule has 0 spiro atoms. The van der Waals surface area contributed by atoms with E-state index >= 15 is 0 Å². The van der Waals surface area contributed by atoms with Gasteiger partial charge in [0.05, 0.1) is 11.2 Å². The van der Waals surface area contributed by atoms with Crippen molar-refractivity contribution in [2.45, 2.75) is 12.8 Å². The number of fused-ring (bicyclic) bond motifs is 1. The lowest BCUT2D eigenvalue weighted by molar-refractivity contribution is 0.0695. The highest BCUT2D eigenvalue weighted by Crippen LogP contribution is 2.26. The zero-order chi connectivity index (χ0) is 14.3. The first kappa shape index (κ1) is 12.7. The summed E-state index contributed by atoms with van der Waals surface area (Å²) in [5, 5.41) is 8.96. The molecule has 1 aromatic carbocycles. The number of carbonyl (C=O) groups is 1. The van der Waals surface area contributed by atoms with E-state index in [1.807, 2.05) is 4.90 Å². The smallest absolute Gasteiger partial charge is 0.341 e. The lowest BCUT2D eigenvalue weighted by Gasteiger charge is -2.18.